The molecule has 70 valence electrons. The Morgan fingerprint density at radius 1 is 1.38 bits per heavy atom. The molecule has 1 rings (SSSR count). The van der Waals surface area contributed by atoms with Crippen LogP contribution in [0.15, 0.2) is 43.0 Å². The Kier molecular flexibility index (Phi) is 4.06. The van der Waals surface area contributed by atoms with E-state index in [2.05, 4.69) is 6.58 Å². The highest BCUT2D eigenvalue weighted by Crippen LogP contribution is 2.10. The van der Waals surface area contributed by atoms with E-state index in [0.29, 0.717) is 6.61 Å². The Hall–Kier alpha value is -1.28. The molecule has 2 nitrogen and oxygen atoms in total. The van der Waals surface area contributed by atoms with Crippen LogP contribution in [-0.4, -0.2) is 13.7 Å². The molecule has 1 aromatic carbocycles. The highest BCUT2D eigenvalue weighted by atomic mass is 16.7. The maximum atomic E-state index is 5.43. The van der Waals surface area contributed by atoms with E-state index in [0.717, 1.165) is 12.1 Å². The van der Waals surface area contributed by atoms with E-state index < -0.39 is 0 Å². The van der Waals surface area contributed by atoms with Crippen LogP contribution in [0, 0.1) is 0 Å². The molecule has 0 aliphatic heterocycles. The van der Waals surface area contributed by atoms with Crippen molar-refractivity contribution >= 4 is 5.69 Å². The average Bonchev–Trinajstić information content (AvgIpc) is 2.19. The van der Waals surface area contributed by atoms with Gasteiger partial charge in [0.1, 0.15) is 0 Å². The molecule has 1 aromatic rings. The zero-order chi connectivity index (χ0) is 9.52. The van der Waals surface area contributed by atoms with Gasteiger partial charge >= 0.3 is 0 Å². The summed E-state index contributed by atoms with van der Waals surface area (Å²) >= 11 is 0. The molecule has 13 heavy (non-hydrogen) atoms. The first-order valence-corrected chi connectivity index (χ1v) is 4.37. The van der Waals surface area contributed by atoms with Crippen molar-refractivity contribution in [3.63, 3.8) is 0 Å². The zero-order valence-corrected chi connectivity index (χ0v) is 7.94. The van der Waals surface area contributed by atoms with Crippen molar-refractivity contribution in [2.45, 2.75) is 6.42 Å². The quantitative estimate of drug-likeness (QED) is 0.389. The summed E-state index contributed by atoms with van der Waals surface area (Å²) in [6.45, 7) is 4.31. The second-order valence-electron chi connectivity index (χ2n) is 2.74. The van der Waals surface area contributed by atoms with Crippen LogP contribution in [0.25, 0.3) is 0 Å². The van der Waals surface area contributed by atoms with Gasteiger partial charge in [-0.05, 0) is 18.6 Å². The summed E-state index contributed by atoms with van der Waals surface area (Å²) in [5, 5.41) is 1.77. The lowest BCUT2D eigenvalue weighted by molar-refractivity contribution is 0.126. The zero-order valence-electron chi connectivity index (χ0n) is 7.94. The number of rotatable bonds is 5. The van der Waals surface area contributed by atoms with Crippen LogP contribution in [-0.2, 0) is 4.84 Å². The molecule has 0 amide bonds. The van der Waals surface area contributed by atoms with Gasteiger partial charge in [-0.15, -0.1) is 6.58 Å². The molecule has 0 heterocycles. The molecule has 0 aromatic heterocycles. The van der Waals surface area contributed by atoms with Gasteiger partial charge < -0.3 is 0 Å². The molecule has 0 spiro atoms. The first-order chi connectivity index (χ1) is 6.34. The van der Waals surface area contributed by atoms with Crippen LogP contribution in [0.1, 0.15) is 6.42 Å². The Balaban J connectivity index is 2.39. The standard InChI is InChI=1S/C11H15NO/c1-3-4-10-13-12(2)11-8-6-5-7-9-11/h3,5-9H,1,4,10H2,2H3. The average molecular weight is 177 g/mol. The molecular formula is C11H15NO. The SMILES string of the molecule is C=CCCON(C)c1ccccc1. The molecule has 0 aliphatic rings. The van der Waals surface area contributed by atoms with Crippen LogP contribution in [0.5, 0.6) is 0 Å². The van der Waals surface area contributed by atoms with E-state index in [-0.39, 0.29) is 0 Å². The second-order valence-corrected chi connectivity index (χ2v) is 2.74. The number of hydrogen-bond donors (Lipinski definition) is 0. The smallest absolute Gasteiger partial charge is 0.0782 e. The molecular weight excluding hydrogens is 162 g/mol. The number of nitrogens with zero attached hydrogens (tertiary/aromatic N) is 1. The third-order valence-corrected chi connectivity index (χ3v) is 1.73. The van der Waals surface area contributed by atoms with Crippen molar-refractivity contribution in [3.8, 4) is 0 Å². The van der Waals surface area contributed by atoms with Gasteiger partial charge in [-0.25, -0.2) is 0 Å². The fourth-order valence-corrected chi connectivity index (χ4v) is 0.985. The van der Waals surface area contributed by atoms with Crippen molar-refractivity contribution in [1.82, 2.24) is 0 Å². The molecule has 0 fully saturated rings. The fourth-order valence-electron chi connectivity index (χ4n) is 0.985. The van der Waals surface area contributed by atoms with Crippen molar-refractivity contribution in [2.24, 2.45) is 0 Å². The molecule has 0 saturated heterocycles. The Morgan fingerprint density at radius 2 is 2.08 bits per heavy atom. The van der Waals surface area contributed by atoms with Crippen molar-refractivity contribution < 1.29 is 4.84 Å². The predicted octanol–water partition coefficient (Wildman–Crippen LogP) is 2.63. The fraction of sp³-hybridized carbons (Fsp3) is 0.273. The highest BCUT2D eigenvalue weighted by Gasteiger charge is 1.97. The normalized spacial score (nSPS) is 9.62. The third kappa shape index (κ3) is 3.30. The number of anilines is 1. The minimum absolute atomic E-state index is 0.675. The van der Waals surface area contributed by atoms with Crippen LogP contribution in [0.2, 0.25) is 0 Å². The summed E-state index contributed by atoms with van der Waals surface area (Å²) in [6.07, 6.45) is 2.72. The largest absolute Gasteiger partial charge is 0.273 e. The minimum atomic E-state index is 0.675. The third-order valence-electron chi connectivity index (χ3n) is 1.73. The highest BCUT2D eigenvalue weighted by molar-refractivity contribution is 5.42. The molecule has 0 atom stereocenters. The molecule has 0 unspecified atom stereocenters. The summed E-state index contributed by atoms with van der Waals surface area (Å²) in [6, 6.07) is 9.98. The molecule has 0 aliphatic carbocycles. The van der Waals surface area contributed by atoms with Crippen LogP contribution < -0.4 is 5.06 Å². The Labute approximate surface area is 79.4 Å². The maximum Gasteiger partial charge on any atom is 0.0782 e. The predicted molar refractivity (Wildman–Crippen MR) is 55.6 cm³/mol. The lowest BCUT2D eigenvalue weighted by Crippen LogP contribution is -2.17. The van der Waals surface area contributed by atoms with Crippen LogP contribution in [0.4, 0.5) is 5.69 Å². The summed E-state index contributed by atoms with van der Waals surface area (Å²) in [4.78, 5) is 5.43. The van der Waals surface area contributed by atoms with Gasteiger partial charge in [0.2, 0.25) is 0 Å². The monoisotopic (exact) mass is 177 g/mol. The lowest BCUT2D eigenvalue weighted by Gasteiger charge is -2.17. The van der Waals surface area contributed by atoms with Gasteiger partial charge in [0.15, 0.2) is 0 Å². The van der Waals surface area contributed by atoms with Crippen LogP contribution in [0.3, 0.4) is 0 Å². The van der Waals surface area contributed by atoms with Crippen molar-refractivity contribution in [3.05, 3.63) is 43.0 Å². The first kappa shape index (κ1) is 9.81. The van der Waals surface area contributed by atoms with Gasteiger partial charge in [0.05, 0.1) is 12.3 Å². The van der Waals surface area contributed by atoms with E-state index in [1.807, 2.05) is 43.5 Å². The van der Waals surface area contributed by atoms with Crippen molar-refractivity contribution in [1.29, 1.82) is 0 Å². The molecule has 0 saturated carbocycles. The van der Waals surface area contributed by atoms with E-state index in [1.165, 1.54) is 0 Å². The summed E-state index contributed by atoms with van der Waals surface area (Å²) in [7, 11) is 1.90. The summed E-state index contributed by atoms with van der Waals surface area (Å²) in [5.74, 6) is 0. The van der Waals surface area contributed by atoms with E-state index >= 15 is 0 Å². The molecule has 0 bridgehead atoms. The number of hydroxylamine groups is 1. The van der Waals surface area contributed by atoms with Crippen LogP contribution >= 0.6 is 0 Å². The molecule has 0 N–H and O–H groups in total. The van der Waals surface area contributed by atoms with E-state index in [1.54, 1.807) is 5.06 Å². The lowest BCUT2D eigenvalue weighted by atomic mass is 10.3. The molecule has 2 heteroatoms. The number of hydrogen-bond acceptors (Lipinski definition) is 2. The maximum absolute atomic E-state index is 5.43. The van der Waals surface area contributed by atoms with Gasteiger partial charge in [0.25, 0.3) is 0 Å². The van der Waals surface area contributed by atoms with Gasteiger partial charge in [-0.3, -0.25) is 9.90 Å². The Morgan fingerprint density at radius 3 is 2.69 bits per heavy atom. The van der Waals surface area contributed by atoms with Crippen molar-refractivity contribution in [2.75, 3.05) is 18.7 Å². The topological polar surface area (TPSA) is 12.5 Å². The van der Waals surface area contributed by atoms with E-state index in [9.17, 15) is 0 Å². The summed E-state index contributed by atoms with van der Waals surface area (Å²) in [5.41, 5.74) is 1.06. The van der Waals surface area contributed by atoms with E-state index in [4.69, 9.17) is 4.84 Å². The van der Waals surface area contributed by atoms with Gasteiger partial charge in [-0.2, -0.15) is 0 Å². The second kappa shape index (κ2) is 5.38. The number of benzene rings is 1. The van der Waals surface area contributed by atoms with Gasteiger partial charge in [0, 0.05) is 7.05 Å². The van der Waals surface area contributed by atoms with Gasteiger partial charge in [-0.1, -0.05) is 24.3 Å². The number of para-hydroxylation sites is 1. The minimum Gasteiger partial charge on any atom is -0.273 e. The first-order valence-electron chi connectivity index (χ1n) is 4.37. The molecule has 0 radical (unpaired) electrons. The summed E-state index contributed by atoms with van der Waals surface area (Å²) < 4.78 is 0. The Bertz CT molecular complexity index is 246.